The van der Waals surface area contributed by atoms with Crippen LogP contribution >= 0.6 is 0 Å². The second-order valence-corrected chi connectivity index (χ2v) is 11.9. The minimum absolute atomic E-state index is 0.233. The Hall–Kier alpha value is -1.92. The van der Waals surface area contributed by atoms with Gasteiger partial charge in [0.05, 0.1) is 12.1 Å². The van der Waals surface area contributed by atoms with Crippen molar-refractivity contribution in [1.82, 2.24) is 14.7 Å². The number of rotatable bonds is 11. The minimum atomic E-state index is -0.443. The van der Waals surface area contributed by atoms with Crippen LogP contribution in [0.3, 0.4) is 0 Å². The average molecular weight is 511 g/mol. The largest absolute Gasteiger partial charge is 0.368 e. The number of primary amides is 1. The number of benzene rings is 1. The highest BCUT2D eigenvalue weighted by Gasteiger charge is 2.42. The molecule has 2 N–H and O–H groups in total. The number of hydrogen-bond acceptors (Lipinski definition) is 4. The number of amides is 2. The summed E-state index contributed by atoms with van der Waals surface area (Å²) < 4.78 is 0. The molecule has 1 aromatic rings. The lowest BCUT2D eigenvalue weighted by Crippen LogP contribution is -2.58. The van der Waals surface area contributed by atoms with Crippen LogP contribution in [0.4, 0.5) is 0 Å². The van der Waals surface area contributed by atoms with E-state index in [1.807, 2.05) is 18.9 Å². The molecule has 0 unspecified atom stereocenters. The molecule has 1 saturated heterocycles. The molecule has 37 heavy (non-hydrogen) atoms. The van der Waals surface area contributed by atoms with E-state index in [9.17, 15) is 9.59 Å². The van der Waals surface area contributed by atoms with Crippen molar-refractivity contribution in [2.75, 3.05) is 26.7 Å². The fourth-order valence-corrected chi connectivity index (χ4v) is 7.14. The van der Waals surface area contributed by atoms with Gasteiger partial charge in [-0.25, -0.2) is 0 Å². The molecule has 3 aliphatic rings. The molecule has 1 aliphatic heterocycles. The molecule has 2 saturated carbocycles. The summed E-state index contributed by atoms with van der Waals surface area (Å²) in [7, 11) is 1.94. The van der Waals surface area contributed by atoms with Gasteiger partial charge in [0.2, 0.25) is 11.8 Å². The number of nitrogens with two attached hydrogens (primary N) is 1. The first-order chi connectivity index (χ1) is 18.0. The molecule has 0 radical (unpaired) electrons. The lowest BCUT2D eigenvalue weighted by atomic mass is 9.82. The van der Waals surface area contributed by atoms with Gasteiger partial charge in [0.1, 0.15) is 0 Å². The van der Waals surface area contributed by atoms with Gasteiger partial charge in [-0.3, -0.25) is 19.4 Å². The van der Waals surface area contributed by atoms with Gasteiger partial charge in [0, 0.05) is 31.7 Å². The Bertz CT molecular complexity index is 850. The Morgan fingerprint density at radius 3 is 2.24 bits per heavy atom. The van der Waals surface area contributed by atoms with Crippen LogP contribution in [0.1, 0.15) is 89.5 Å². The normalized spacial score (nSPS) is 23.5. The number of carbonyl (C=O) groups excluding carboxylic acids is 2. The van der Waals surface area contributed by atoms with Crippen LogP contribution in [-0.2, 0) is 16.0 Å². The lowest BCUT2D eigenvalue weighted by Gasteiger charge is -2.42. The van der Waals surface area contributed by atoms with Crippen LogP contribution in [-0.4, -0.2) is 77.4 Å². The first-order valence-electron chi connectivity index (χ1n) is 15.1. The van der Waals surface area contributed by atoms with E-state index in [0.717, 1.165) is 51.7 Å². The van der Waals surface area contributed by atoms with Gasteiger partial charge in [-0.05, 0) is 70.4 Å². The second kappa shape index (κ2) is 13.7. The SMILES string of the molecule is C[C@@H](C(N)=O)N(C)[C@H](C(=O)N1CCC[C@H]1CN(CCc1ccccc1)C1CCCCC1)C1CCCCC1. The van der Waals surface area contributed by atoms with Crippen LogP contribution in [0.15, 0.2) is 30.3 Å². The first-order valence-corrected chi connectivity index (χ1v) is 15.1. The number of likely N-dealkylation sites (tertiary alicyclic amines) is 1. The zero-order valence-electron chi connectivity index (χ0n) is 23.3. The summed E-state index contributed by atoms with van der Waals surface area (Å²) in [6.45, 7) is 4.71. The summed E-state index contributed by atoms with van der Waals surface area (Å²) in [6, 6.07) is 11.0. The van der Waals surface area contributed by atoms with Gasteiger partial charge >= 0.3 is 0 Å². The molecule has 6 heteroatoms. The highest BCUT2D eigenvalue weighted by molar-refractivity contribution is 5.85. The molecule has 2 aliphatic carbocycles. The second-order valence-electron chi connectivity index (χ2n) is 11.9. The van der Waals surface area contributed by atoms with Crippen molar-refractivity contribution in [3.63, 3.8) is 0 Å². The molecule has 206 valence electrons. The van der Waals surface area contributed by atoms with Gasteiger partial charge in [-0.1, -0.05) is 68.9 Å². The molecule has 1 heterocycles. The maximum Gasteiger partial charge on any atom is 0.240 e. The molecule has 0 aromatic heterocycles. The number of carbonyl (C=O) groups is 2. The molecule has 1 aromatic carbocycles. The fourth-order valence-electron chi connectivity index (χ4n) is 7.14. The molecule has 4 rings (SSSR count). The van der Waals surface area contributed by atoms with Crippen LogP contribution in [0, 0.1) is 5.92 Å². The zero-order chi connectivity index (χ0) is 26.2. The zero-order valence-corrected chi connectivity index (χ0v) is 23.3. The Morgan fingerprint density at radius 1 is 0.946 bits per heavy atom. The summed E-state index contributed by atoms with van der Waals surface area (Å²) in [4.78, 5) is 33.3. The predicted molar refractivity (Wildman–Crippen MR) is 150 cm³/mol. The Labute approximate surface area is 224 Å². The maximum atomic E-state index is 14.3. The standard InChI is InChI=1S/C31H50N4O2/c1-24(30(32)36)33(2)29(26-15-8-4-9-16-26)31(37)35-21-12-19-28(35)23-34(27-17-10-5-11-18-27)22-20-25-13-6-3-7-14-25/h3,6-7,13-14,24,26-29H,4-5,8-12,15-23H2,1-2H3,(H2,32,36)/t24-,28-,29-/m0/s1. The van der Waals surface area contributed by atoms with Gasteiger partial charge in [-0.15, -0.1) is 0 Å². The summed E-state index contributed by atoms with van der Waals surface area (Å²) in [5.74, 6) is 0.192. The van der Waals surface area contributed by atoms with Crippen molar-refractivity contribution in [2.45, 2.75) is 115 Å². The smallest absolute Gasteiger partial charge is 0.240 e. The monoisotopic (exact) mass is 510 g/mol. The van der Waals surface area contributed by atoms with Crippen molar-refractivity contribution < 1.29 is 9.59 Å². The fraction of sp³-hybridized carbons (Fsp3) is 0.742. The third-order valence-corrected chi connectivity index (χ3v) is 9.54. The summed E-state index contributed by atoms with van der Waals surface area (Å²) in [5, 5.41) is 0. The van der Waals surface area contributed by atoms with Crippen LogP contribution in [0.5, 0.6) is 0 Å². The average Bonchev–Trinajstić information content (AvgIpc) is 3.40. The van der Waals surface area contributed by atoms with Crippen molar-refractivity contribution in [3.8, 4) is 0 Å². The topological polar surface area (TPSA) is 69.9 Å². The van der Waals surface area contributed by atoms with Crippen LogP contribution in [0.25, 0.3) is 0 Å². The van der Waals surface area contributed by atoms with Gasteiger partial charge in [0.15, 0.2) is 0 Å². The molecular formula is C31H50N4O2. The van der Waals surface area contributed by atoms with E-state index in [1.54, 1.807) is 0 Å². The highest BCUT2D eigenvalue weighted by atomic mass is 16.2. The van der Waals surface area contributed by atoms with E-state index < -0.39 is 6.04 Å². The maximum absolute atomic E-state index is 14.3. The number of likely N-dealkylation sites (N-methyl/N-ethyl adjacent to an activating group) is 1. The molecule has 3 atom stereocenters. The predicted octanol–water partition coefficient (Wildman–Crippen LogP) is 4.61. The quantitative estimate of drug-likeness (QED) is 0.472. The van der Waals surface area contributed by atoms with E-state index in [0.29, 0.717) is 12.0 Å². The van der Waals surface area contributed by atoms with Crippen LogP contribution in [0.2, 0.25) is 0 Å². The van der Waals surface area contributed by atoms with Crippen molar-refractivity contribution >= 4 is 11.8 Å². The van der Waals surface area contributed by atoms with E-state index >= 15 is 0 Å². The Balaban J connectivity index is 1.49. The molecule has 0 bridgehead atoms. The third kappa shape index (κ3) is 7.35. The number of nitrogens with zero attached hydrogens (tertiary/aromatic N) is 3. The lowest BCUT2D eigenvalue weighted by molar-refractivity contribution is -0.142. The molecule has 2 amide bonds. The molecule has 3 fully saturated rings. The molecule has 6 nitrogen and oxygen atoms in total. The van der Waals surface area contributed by atoms with Crippen molar-refractivity contribution in [1.29, 1.82) is 0 Å². The third-order valence-electron chi connectivity index (χ3n) is 9.54. The minimum Gasteiger partial charge on any atom is -0.368 e. The van der Waals surface area contributed by atoms with E-state index in [2.05, 4.69) is 40.1 Å². The van der Waals surface area contributed by atoms with Gasteiger partial charge in [0.25, 0.3) is 0 Å². The summed E-state index contributed by atoms with van der Waals surface area (Å²) in [5.41, 5.74) is 7.09. The van der Waals surface area contributed by atoms with Gasteiger partial charge < -0.3 is 10.6 Å². The van der Waals surface area contributed by atoms with E-state index in [-0.39, 0.29) is 23.9 Å². The Morgan fingerprint density at radius 2 is 1.59 bits per heavy atom. The Kier molecular flexibility index (Phi) is 10.4. The van der Waals surface area contributed by atoms with E-state index in [1.165, 1.54) is 56.9 Å². The van der Waals surface area contributed by atoms with Crippen molar-refractivity contribution in [2.24, 2.45) is 11.7 Å². The number of hydrogen-bond donors (Lipinski definition) is 1. The van der Waals surface area contributed by atoms with Gasteiger partial charge in [-0.2, -0.15) is 0 Å². The first kappa shape index (κ1) is 28.1. The highest BCUT2D eigenvalue weighted by Crippen LogP contribution is 2.33. The van der Waals surface area contributed by atoms with Crippen LogP contribution < -0.4 is 5.73 Å². The van der Waals surface area contributed by atoms with Crippen molar-refractivity contribution in [3.05, 3.63) is 35.9 Å². The molecule has 0 spiro atoms. The summed E-state index contributed by atoms with van der Waals surface area (Å²) >= 11 is 0. The molecular weight excluding hydrogens is 460 g/mol. The summed E-state index contributed by atoms with van der Waals surface area (Å²) in [6.07, 6.45) is 15.5. The van der Waals surface area contributed by atoms with E-state index in [4.69, 9.17) is 5.73 Å².